The van der Waals surface area contributed by atoms with Crippen molar-refractivity contribution in [1.29, 1.82) is 0 Å². The summed E-state index contributed by atoms with van der Waals surface area (Å²) in [5, 5.41) is 7.43. The Kier molecular flexibility index (Phi) is 5.05. The van der Waals surface area contributed by atoms with Gasteiger partial charge in [0.05, 0.1) is 12.4 Å². The molecule has 1 atom stereocenters. The molecule has 0 fully saturated rings. The molecule has 1 N–H and O–H groups in total. The van der Waals surface area contributed by atoms with Gasteiger partial charge in [-0.2, -0.15) is 5.10 Å². The van der Waals surface area contributed by atoms with Crippen molar-refractivity contribution >= 4 is 0 Å². The SMILES string of the molecule is C=CCNCC(C)Oc1cnn(C(C)C)c1. The highest BCUT2D eigenvalue weighted by Crippen LogP contribution is 2.13. The predicted octanol–water partition coefficient (Wildman–Crippen LogP) is 2.01. The normalized spacial score (nSPS) is 12.8. The fourth-order valence-corrected chi connectivity index (χ4v) is 1.33. The molecule has 0 aliphatic rings. The predicted molar refractivity (Wildman–Crippen MR) is 65.8 cm³/mol. The Balaban J connectivity index is 2.37. The maximum atomic E-state index is 5.71. The van der Waals surface area contributed by atoms with Crippen molar-refractivity contribution in [2.75, 3.05) is 13.1 Å². The average molecular weight is 223 g/mol. The molecular weight excluding hydrogens is 202 g/mol. The van der Waals surface area contributed by atoms with E-state index in [-0.39, 0.29) is 6.10 Å². The zero-order valence-electron chi connectivity index (χ0n) is 10.3. The molecule has 1 heterocycles. The first-order chi connectivity index (χ1) is 7.63. The van der Waals surface area contributed by atoms with Gasteiger partial charge in [-0.05, 0) is 20.8 Å². The summed E-state index contributed by atoms with van der Waals surface area (Å²) in [6.45, 7) is 11.5. The Morgan fingerprint density at radius 2 is 2.31 bits per heavy atom. The largest absolute Gasteiger partial charge is 0.486 e. The monoisotopic (exact) mass is 223 g/mol. The molecular formula is C12H21N3O. The van der Waals surface area contributed by atoms with Crippen LogP contribution in [0.15, 0.2) is 25.0 Å². The Labute approximate surface area is 97.3 Å². The molecule has 1 aromatic rings. The molecule has 1 aromatic heterocycles. The van der Waals surface area contributed by atoms with E-state index in [9.17, 15) is 0 Å². The lowest BCUT2D eigenvalue weighted by Gasteiger charge is -2.13. The Bertz CT molecular complexity index is 320. The van der Waals surface area contributed by atoms with Gasteiger partial charge in [-0.1, -0.05) is 6.08 Å². The van der Waals surface area contributed by atoms with Gasteiger partial charge in [0, 0.05) is 19.1 Å². The zero-order valence-corrected chi connectivity index (χ0v) is 10.3. The number of rotatable bonds is 7. The molecule has 16 heavy (non-hydrogen) atoms. The second-order valence-electron chi connectivity index (χ2n) is 4.13. The van der Waals surface area contributed by atoms with E-state index in [1.54, 1.807) is 6.20 Å². The van der Waals surface area contributed by atoms with Crippen molar-refractivity contribution in [3.63, 3.8) is 0 Å². The van der Waals surface area contributed by atoms with Crippen molar-refractivity contribution in [2.24, 2.45) is 0 Å². The summed E-state index contributed by atoms with van der Waals surface area (Å²) in [5.41, 5.74) is 0. The van der Waals surface area contributed by atoms with Gasteiger partial charge in [0.25, 0.3) is 0 Å². The summed E-state index contributed by atoms with van der Waals surface area (Å²) in [7, 11) is 0. The van der Waals surface area contributed by atoms with Gasteiger partial charge in [-0.25, -0.2) is 0 Å². The maximum absolute atomic E-state index is 5.71. The Morgan fingerprint density at radius 1 is 1.56 bits per heavy atom. The fourth-order valence-electron chi connectivity index (χ4n) is 1.33. The number of hydrogen-bond donors (Lipinski definition) is 1. The molecule has 0 spiro atoms. The molecule has 0 radical (unpaired) electrons. The van der Waals surface area contributed by atoms with Crippen LogP contribution in [0, 0.1) is 0 Å². The average Bonchev–Trinajstić information content (AvgIpc) is 2.66. The van der Waals surface area contributed by atoms with Crippen LogP contribution in [-0.2, 0) is 0 Å². The van der Waals surface area contributed by atoms with E-state index in [0.29, 0.717) is 6.04 Å². The Morgan fingerprint density at radius 3 is 2.88 bits per heavy atom. The molecule has 0 aromatic carbocycles. The maximum Gasteiger partial charge on any atom is 0.157 e. The summed E-state index contributed by atoms with van der Waals surface area (Å²) < 4.78 is 7.60. The molecule has 0 saturated carbocycles. The third kappa shape index (κ3) is 4.06. The highest BCUT2D eigenvalue weighted by molar-refractivity contribution is 5.12. The summed E-state index contributed by atoms with van der Waals surface area (Å²) >= 11 is 0. The van der Waals surface area contributed by atoms with Gasteiger partial charge in [0.2, 0.25) is 0 Å². The van der Waals surface area contributed by atoms with E-state index >= 15 is 0 Å². The molecule has 4 heteroatoms. The van der Waals surface area contributed by atoms with Crippen LogP contribution in [-0.4, -0.2) is 29.0 Å². The van der Waals surface area contributed by atoms with Gasteiger partial charge < -0.3 is 10.1 Å². The second-order valence-corrected chi connectivity index (χ2v) is 4.13. The minimum atomic E-state index is 0.129. The van der Waals surface area contributed by atoms with Gasteiger partial charge in [0.15, 0.2) is 5.75 Å². The number of ether oxygens (including phenoxy) is 1. The van der Waals surface area contributed by atoms with E-state index in [2.05, 4.69) is 30.8 Å². The van der Waals surface area contributed by atoms with Crippen LogP contribution in [0.2, 0.25) is 0 Å². The van der Waals surface area contributed by atoms with Crippen LogP contribution in [0.3, 0.4) is 0 Å². The number of nitrogens with zero attached hydrogens (tertiary/aromatic N) is 2. The van der Waals surface area contributed by atoms with Crippen molar-refractivity contribution in [2.45, 2.75) is 32.9 Å². The highest BCUT2D eigenvalue weighted by Gasteiger charge is 2.06. The minimum absolute atomic E-state index is 0.129. The van der Waals surface area contributed by atoms with E-state index in [4.69, 9.17) is 4.74 Å². The molecule has 0 amide bonds. The van der Waals surface area contributed by atoms with Crippen molar-refractivity contribution in [3.8, 4) is 5.75 Å². The number of hydrogen-bond acceptors (Lipinski definition) is 3. The molecule has 0 aliphatic carbocycles. The quantitative estimate of drug-likeness (QED) is 0.567. The zero-order chi connectivity index (χ0) is 12.0. The van der Waals surface area contributed by atoms with Crippen molar-refractivity contribution < 1.29 is 4.74 Å². The summed E-state index contributed by atoms with van der Waals surface area (Å²) in [5.74, 6) is 0.821. The lowest BCUT2D eigenvalue weighted by atomic mass is 10.4. The first-order valence-electron chi connectivity index (χ1n) is 5.66. The summed E-state index contributed by atoms with van der Waals surface area (Å²) in [6, 6.07) is 0.367. The van der Waals surface area contributed by atoms with Crippen molar-refractivity contribution in [1.82, 2.24) is 15.1 Å². The van der Waals surface area contributed by atoms with Crippen molar-refractivity contribution in [3.05, 3.63) is 25.0 Å². The summed E-state index contributed by atoms with van der Waals surface area (Å²) in [4.78, 5) is 0. The van der Waals surface area contributed by atoms with Crippen LogP contribution in [0.25, 0.3) is 0 Å². The Hall–Kier alpha value is -1.29. The standard InChI is InChI=1S/C12H21N3O/c1-5-6-13-7-11(4)16-12-8-14-15(9-12)10(2)3/h5,8-11,13H,1,6-7H2,2-4H3. The molecule has 0 bridgehead atoms. The lowest BCUT2D eigenvalue weighted by molar-refractivity contribution is 0.218. The molecule has 0 saturated heterocycles. The fraction of sp³-hybridized carbons (Fsp3) is 0.583. The van der Waals surface area contributed by atoms with E-state index in [1.807, 2.05) is 23.9 Å². The number of nitrogens with one attached hydrogen (secondary N) is 1. The van der Waals surface area contributed by atoms with E-state index in [0.717, 1.165) is 18.8 Å². The molecule has 0 aliphatic heterocycles. The minimum Gasteiger partial charge on any atom is -0.486 e. The highest BCUT2D eigenvalue weighted by atomic mass is 16.5. The van der Waals surface area contributed by atoms with Crippen LogP contribution in [0.1, 0.15) is 26.8 Å². The first kappa shape index (κ1) is 12.8. The molecule has 4 nitrogen and oxygen atoms in total. The smallest absolute Gasteiger partial charge is 0.157 e. The van der Waals surface area contributed by atoms with Gasteiger partial charge in [-0.3, -0.25) is 4.68 Å². The summed E-state index contributed by atoms with van der Waals surface area (Å²) in [6.07, 6.45) is 5.65. The first-order valence-corrected chi connectivity index (χ1v) is 5.66. The lowest BCUT2D eigenvalue weighted by Crippen LogP contribution is -2.28. The van der Waals surface area contributed by atoms with Crippen LogP contribution >= 0.6 is 0 Å². The molecule has 90 valence electrons. The second kappa shape index (κ2) is 6.33. The van der Waals surface area contributed by atoms with Gasteiger partial charge in [-0.15, -0.1) is 6.58 Å². The van der Waals surface area contributed by atoms with Crippen LogP contribution in [0.5, 0.6) is 5.75 Å². The van der Waals surface area contributed by atoms with E-state index in [1.165, 1.54) is 0 Å². The third-order valence-corrected chi connectivity index (χ3v) is 2.16. The molecule has 1 unspecified atom stereocenters. The van der Waals surface area contributed by atoms with Gasteiger partial charge >= 0.3 is 0 Å². The van der Waals surface area contributed by atoms with Crippen LogP contribution < -0.4 is 10.1 Å². The van der Waals surface area contributed by atoms with E-state index < -0.39 is 0 Å². The topological polar surface area (TPSA) is 39.1 Å². The third-order valence-electron chi connectivity index (χ3n) is 2.16. The number of aromatic nitrogens is 2. The van der Waals surface area contributed by atoms with Gasteiger partial charge in [0.1, 0.15) is 6.10 Å². The molecule has 1 rings (SSSR count). The van der Waals surface area contributed by atoms with Crippen LogP contribution in [0.4, 0.5) is 0 Å².